The average Bonchev–Trinajstić information content (AvgIpc) is 3.31. The molecule has 5 rings (SSSR count). The molecule has 30 heavy (non-hydrogen) atoms. The normalized spacial score (nSPS) is 41.9. The molecule has 2 heterocycles. The molecule has 2 aliphatic carbocycles. The lowest BCUT2D eigenvalue weighted by molar-refractivity contribution is -0.169. The molecule has 6 nitrogen and oxygen atoms in total. The summed E-state index contributed by atoms with van der Waals surface area (Å²) in [5.74, 6) is -1.45. The molecule has 8 heteroatoms. The van der Waals surface area contributed by atoms with Gasteiger partial charge >= 0.3 is 5.97 Å². The Morgan fingerprint density at radius 2 is 1.90 bits per heavy atom. The van der Waals surface area contributed by atoms with E-state index in [4.69, 9.17) is 32.8 Å². The highest BCUT2D eigenvalue weighted by Gasteiger charge is 2.73. The highest BCUT2D eigenvalue weighted by atomic mass is 35.5. The summed E-state index contributed by atoms with van der Waals surface area (Å²) in [6.45, 7) is 3.60. The predicted octanol–water partition coefficient (Wildman–Crippen LogP) is 3.70. The van der Waals surface area contributed by atoms with E-state index in [1.807, 2.05) is 6.92 Å². The van der Waals surface area contributed by atoms with Crippen LogP contribution in [0.25, 0.3) is 0 Å². The smallest absolute Gasteiger partial charge is 0.354 e. The number of allylic oxidation sites excluding steroid dienone is 1. The minimum Gasteiger partial charge on any atom is -0.458 e. The van der Waals surface area contributed by atoms with Gasteiger partial charge in [0.25, 0.3) is 0 Å². The Bertz CT molecular complexity index is 1020. The van der Waals surface area contributed by atoms with Crippen LogP contribution >= 0.6 is 23.2 Å². The summed E-state index contributed by atoms with van der Waals surface area (Å²) < 4.78 is 5.80. The third kappa shape index (κ3) is 2.27. The highest BCUT2D eigenvalue weighted by Crippen LogP contribution is 2.59. The van der Waals surface area contributed by atoms with Gasteiger partial charge in [0.05, 0.1) is 21.7 Å². The van der Waals surface area contributed by atoms with Crippen molar-refractivity contribution in [2.45, 2.75) is 50.4 Å². The number of halogens is 2. The van der Waals surface area contributed by atoms with Crippen molar-refractivity contribution < 1.29 is 24.3 Å². The van der Waals surface area contributed by atoms with Gasteiger partial charge in [-0.2, -0.15) is 0 Å². The van der Waals surface area contributed by atoms with Crippen LogP contribution in [0.3, 0.4) is 0 Å². The minimum absolute atomic E-state index is 0.140. The maximum absolute atomic E-state index is 13.1. The van der Waals surface area contributed by atoms with Gasteiger partial charge in [-0.05, 0) is 50.0 Å². The summed E-state index contributed by atoms with van der Waals surface area (Å²) in [5.41, 5.74) is -3.03. The fourth-order valence-corrected chi connectivity index (χ4v) is 6.32. The van der Waals surface area contributed by atoms with Gasteiger partial charge in [0, 0.05) is 12.0 Å². The molecule has 1 unspecified atom stereocenters. The Morgan fingerprint density at radius 1 is 1.20 bits per heavy atom. The zero-order chi connectivity index (χ0) is 21.5. The van der Waals surface area contributed by atoms with Gasteiger partial charge in [0.15, 0.2) is 5.78 Å². The molecule has 0 bridgehead atoms. The van der Waals surface area contributed by atoms with Crippen LogP contribution in [0.1, 0.15) is 38.7 Å². The Kier molecular flexibility index (Phi) is 4.22. The van der Waals surface area contributed by atoms with E-state index in [-0.39, 0.29) is 18.1 Å². The first-order valence-electron chi connectivity index (χ1n) is 10.0. The number of aliphatic hydroxyl groups is 1. The van der Waals surface area contributed by atoms with Crippen LogP contribution in [0.15, 0.2) is 35.5 Å². The first kappa shape index (κ1) is 20.0. The summed E-state index contributed by atoms with van der Waals surface area (Å²) in [6.07, 6.45) is 3.44. The number of ether oxygens (including phenoxy) is 1. The lowest BCUT2D eigenvalue weighted by Gasteiger charge is -2.43. The standard InChI is InChI=1S/C22H21Cl2NO5/c1-11-6-7-12-18(20(2)16(26)8-9-22(11,20)28)29-19(27)21(12)10-15(25-30-21)17-13(23)4-3-5-14(17)24/h3-5,8-9,11-12,18,28H,6-7,10H2,1-2H3/t11-,12+,18+,20-,21?,22+/m0/s1. The number of hydrogen-bond donors (Lipinski definition) is 1. The van der Waals surface area contributed by atoms with Crippen molar-refractivity contribution in [2.75, 3.05) is 0 Å². The Labute approximate surface area is 183 Å². The van der Waals surface area contributed by atoms with E-state index < -0.39 is 34.6 Å². The van der Waals surface area contributed by atoms with E-state index >= 15 is 0 Å². The number of hydrogen-bond acceptors (Lipinski definition) is 6. The van der Waals surface area contributed by atoms with Crippen molar-refractivity contribution in [3.8, 4) is 0 Å². The molecule has 2 fully saturated rings. The van der Waals surface area contributed by atoms with Crippen LogP contribution in [0.2, 0.25) is 10.0 Å². The van der Waals surface area contributed by atoms with Crippen molar-refractivity contribution in [3.05, 3.63) is 46.0 Å². The average molecular weight is 450 g/mol. The zero-order valence-electron chi connectivity index (χ0n) is 16.5. The van der Waals surface area contributed by atoms with Gasteiger partial charge in [0.1, 0.15) is 17.1 Å². The summed E-state index contributed by atoms with van der Waals surface area (Å²) >= 11 is 12.7. The maximum Gasteiger partial charge on any atom is 0.354 e. The van der Waals surface area contributed by atoms with Gasteiger partial charge in [-0.25, -0.2) is 4.79 Å². The molecule has 1 aromatic rings. The van der Waals surface area contributed by atoms with Crippen LogP contribution in [-0.2, 0) is 19.2 Å². The van der Waals surface area contributed by atoms with E-state index in [1.54, 1.807) is 31.2 Å². The van der Waals surface area contributed by atoms with E-state index in [0.717, 1.165) is 0 Å². The molecule has 2 aliphatic heterocycles. The fraction of sp³-hybridized carbons (Fsp3) is 0.500. The molecule has 0 aromatic heterocycles. The second kappa shape index (κ2) is 6.31. The topological polar surface area (TPSA) is 85.2 Å². The van der Waals surface area contributed by atoms with E-state index in [9.17, 15) is 14.7 Å². The largest absolute Gasteiger partial charge is 0.458 e. The van der Waals surface area contributed by atoms with Gasteiger partial charge < -0.3 is 14.7 Å². The van der Waals surface area contributed by atoms with Crippen molar-refractivity contribution in [3.63, 3.8) is 0 Å². The molecular formula is C22H21Cl2NO5. The monoisotopic (exact) mass is 449 g/mol. The zero-order valence-corrected chi connectivity index (χ0v) is 18.0. The van der Waals surface area contributed by atoms with Crippen molar-refractivity contribution in [1.29, 1.82) is 0 Å². The van der Waals surface area contributed by atoms with Gasteiger partial charge in [-0.3, -0.25) is 4.79 Å². The molecule has 1 saturated carbocycles. The van der Waals surface area contributed by atoms with Gasteiger partial charge in [-0.1, -0.05) is 41.3 Å². The van der Waals surface area contributed by atoms with Crippen LogP contribution in [0.5, 0.6) is 0 Å². The van der Waals surface area contributed by atoms with Crippen molar-refractivity contribution >= 4 is 40.7 Å². The summed E-state index contributed by atoms with van der Waals surface area (Å²) in [6, 6.07) is 5.13. The van der Waals surface area contributed by atoms with E-state index in [2.05, 4.69) is 5.16 Å². The quantitative estimate of drug-likeness (QED) is 0.660. The van der Waals surface area contributed by atoms with Crippen molar-refractivity contribution in [2.24, 2.45) is 22.4 Å². The molecule has 0 amide bonds. The summed E-state index contributed by atoms with van der Waals surface area (Å²) in [7, 11) is 0. The number of fused-ring (bicyclic) bond motifs is 4. The SMILES string of the molecule is C[C@H]1CC[C@@H]2[C@@H](OC(=O)C23CC(c2c(Cl)cccc2Cl)=NO3)[C@]2(C)C(=O)C=C[C@@]12O. The molecule has 1 N–H and O–H groups in total. The Hall–Kier alpha value is -1.89. The molecule has 1 saturated heterocycles. The Balaban J connectivity index is 1.56. The van der Waals surface area contributed by atoms with Crippen LogP contribution in [0, 0.1) is 17.3 Å². The predicted molar refractivity (Wildman–Crippen MR) is 110 cm³/mol. The second-order valence-corrected chi connectivity index (χ2v) is 9.74. The molecule has 158 valence electrons. The number of benzene rings is 1. The Morgan fingerprint density at radius 3 is 2.60 bits per heavy atom. The number of ketones is 1. The molecule has 0 radical (unpaired) electrons. The summed E-state index contributed by atoms with van der Waals surface area (Å²) in [5, 5.41) is 16.5. The fourth-order valence-electron chi connectivity index (χ4n) is 5.70. The molecule has 1 spiro atoms. The number of carbonyl (C=O) groups is 2. The lowest BCUT2D eigenvalue weighted by Crippen LogP contribution is -2.57. The summed E-state index contributed by atoms with van der Waals surface area (Å²) in [4.78, 5) is 31.9. The first-order valence-corrected chi connectivity index (χ1v) is 10.8. The highest BCUT2D eigenvalue weighted by molar-refractivity contribution is 6.40. The van der Waals surface area contributed by atoms with Crippen LogP contribution in [-0.4, -0.2) is 39.9 Å². The number of esters is 1. The van der Waals surface area contributed by atoms with Gasteiger partial charge in [0.2, 0.25) is 5.60 Å². The van der Waals surface area contributed by atoms with Crippen LogP contribution < -0.4 is 0 Å². The van der Waals surface area contributed by atoms with Crippen molar-refractivity contribution in [1.82, 2.24) is 0 Å². The first-order chi connectivity index (χ1) is 14.1. The minimum atomic E-state index is -1.39. The third-order valence-corrected chi connectivity index (χ3v) is 8.24. The molecule has 6 atom stereocenters. The molecule has 4 aliphatic rings. The maximum atomic E-state index is 13.1. The number of oxime groups is 1. The van der Waals surface area contributed by atoms with Crippen LogP contribution in [0.4, 0.5) is 0 Å². The second-order valence-electron chi connectivity index (χ2n) is 8.93. The van der Waals surface area contributed by atoms with E-state index in [1.165, 1.54) is 6.08 Å². The molecule has 1 aromatic carbocycles. The van der Waals surface area contributed by atoms with E-state index in [0.29, 0.717) is 34.2 Å². The third-order valence-electron chi connectivity index (χ3n) is 7.61. The van der Waals surface area contributed by atoms with Gasteiger partial charge in [-0.15, -0.1) is 0 Å². The number of nitrogens with zero attached hydrogens (tertiary/aromatic N) is 1. The number of rotatable bonds is 1. The molecular weight excluding hydrogens is 429 g/mol. The number of carbonyl (C=O) groups excluding carboxylic acids is 2. The lowest BCUT2D eigenvalue weighted by atomic mass is 9.63.